The zero-order chi connectivity index (χ0) is 17.0. The van der Waals surface area contributed by atoms with Crippen LogP contribution in [0.25, 0.3) is 0 Å². The molecule has 1 atom stereocenters. The summed E-state index contributed by atoms with van der Waals surface area (Å²) in [6.07, 6.45) is -8.12. The van der Waals surface area contributed by atoms with Gasteiger partial charge in [-0.3, -0.25) is 4.90 Å². The summed E-state index contributed by atoms with van der Waals surface area (Å²) in [4.78, 5) is 1.72. The summed E-state index contributed by atoms with van der Waals surface area (Å²) in [6.45, 7) is 2.08. The largest absolute Gasteiger partial charge is 0.573 e. The van der Waals surface area contributed by atoms with E-state index in [9.17, 15) is 27.1 Å². The van der Waals surface area contributed by atoms with E-state index in [2.05, 4.69) is 10.1 Å². The van der Waals surface area contributed by atoms with Gasteiger partial charge in [0.1, 0.15) is 11.5 Å². The fourth-order valence-corrected chi connectivity index (χ4v) is 2.63. The van der Waals surface area contributed by atoms with Crippen molar-refractivity contribution in [3.63, 3.8) is 0 Å². The lowest BCUT2D eigenvalue weighted by Crippen LogP contribution is -2.45. The fraction of sp³-hybridized carbons (Fsp3) is 0.571. The number of halogens is 5. The molecule has 4 nitrogen and oxygen atoms in total. The van der Waals surface area contributed by atoms with Crippen molar-refractivity contribution in [3.05, 3.63) is 23.8 Å². The van der Waals surface area contributed by atoms with Crippen LogP contribution in [0.2, 0.25) is 0 Å². The number of hydrogen-bond donors (Lipinski definition) is 2. The third-order valence-corrected chi connectivity index (χ3v) is 3.59. The predicted octanol–water partition coefficient (Wildman–Crippen LogP) is 2.89. The highest BCUT2D eigenvalue weighted by Gasteiger charge is 2.33. The van der Waals surface area contributed by atoms with E-state index in [-0.39, 0.29) is 11.3 Å². The van der Waals surface area contributed by atoms with Crippen LogP contribution in [0.5, 0.6) is 11.5 Å². The molecule has 1 aromatic rings. The van der Waals surface area contributed by atoms with Gasteiger partial charge in [-0.2, -0.15) is 0 Å². The summed E-state index contributed by atoms with van der Waals surface area (Å²) >= 11 is 0. The number of rotatable bonds is 5. The molecule has 1 aliphatic heterocycles. The maximum atomic E-state index is 12.9. The minimum atomic E-state index is -4.89. The second kappa shape index (κ2) is 7.31. The molecule has 0 saturated carbocycles. The van der Waals surface area contributed by atoms with Crippen LogP contribution >= 0.6 is 0 Å². The zero-order valence-corrected chi connectivity index (χ0v) is 12.1. The van der Waals surface area contributed by atoms with Gasteiger partial charge < -0.3 is 15.2 Å². The molecule has 2 rings (SSSR count). The molecule has 0 unspecified atom stereocenters. The van der Waals surface area contributed by atoms with Gasteiger partial charge in [-0.05, 0) is 18.2 Å². The quantitative estimate of drug-likeness (QED) is 0.809. The Labute approximate surface area is 129 Å². The number of aromatic hydroxyl groups is 1. The van der Waals surface area contributed by atoms with Crippen molar-refractivity contribution < 1.29 is 31.8 Å². The van der Waals surface area contributed by atoms with Crippen LogP contribution in [0.4, 0.5) is 22.0 Å². The number of phenols is 1. The normalized spacial score (nSPS) is 18.2. The van der Waals surface area contributed by atoms with Crippen molar-refractivity contribution in [1.82, 2.24) is 10.2 Å². The van der Waals surface area contributed by atoms with E-state index in [1.54, 1.807) is 4.90 Å². The van der Waals surface area contributed by atoms with E-state index in [1.807, 2.05) is 0 Å². The Hall–Kier alpha value is -1.61. The molecule has 1 fully saturated rings. The van der Waals surface area contributed by atoms with E-state index in [0.717, 1.165) is 18.2 Å². The number of ether oxygens (including phenoxy) is 1. The number of nitrogens with zero attached hydrogens (tertiary/aromatic N) is 1. The van der Waals surface area contributed by atoms with Gasteiger partial charge in [0.25, 0.3) is 0 Å². The third-order valence-electron chi connectivity index (χ3n) is 3.59. The summed E-state index contributed by atoms with van der Waals surface area (Å²) in [5.74, 6) is -0.872. The molecule has 1 heterocycles. The lowest BCUT2D eigenvalue weighted by molar-refractivity contribution is -0.274. The summed E-state index contributed by atoms with van der Waals surface area (Å²) in [5, 5.41) is 13.0. The highest BCUT2D eigenvalue weighted by molar-refractivity contribution is 5.41. The number of phenolic OH excluding ortho intramolecular Hbond substituents is 1. The first-order valence-corrected chi connectivity index (χ1v) is 7.08. The highest BCUT2D eigenvalue weighted by atomic mass is 19.4. The minimum Gasteiger partial charge on any atom is -0.508 e. The standard InChI is InChI=1S/C14H17F5N2O2/c15-13(16)8-11(21-5-3-20-4-6-21)10-7-9(1-2-12(10)22)23-14(17,18)19/h1-2,7,11,13,20,22H,3-6,8H2/t11-/m0/s1. The van der Waals surface area contributed by atoms with Crippen LogP contribution in [-0.4, -0.2) is 49.0 Å². The van der Waals surface area contributed by atoms with Gasteiger partial charge in [0.2, 0.25) is 6.43 Å². The smallest absolute Gasteiger partial charge is 0.508 e. The van der Waals surface area contributed by atoms with Gasteiger partial charge in [-0.15, -0.1) is 13.2 Å². The lowest BCUT2D eigenvalue weighted by atomic mass is 10.00. The molecular formula is C14H17F5N2O2. The maximum Gasteiger partial charge on any atom is 0.573 e. The minimum absolute atomic E-state index is 0.00829. The summed E-state index contributed by atoms with van der Waals surface area (Å²) in [6, 6.07) is 2.06. The van der Waals surface area contributed by atoms with Crippen molar-refractivity contribution in [2.75, 3.05) is 26.2 Å². The van der Waals surface area contributed by atoms with Gasteiger partial charge >= 0.3 is 6.36 Å². The van der Waals surface area contributed by atoms with Gasteiger partial charge in [0, 0.05) is 44.2 Å². The average molecular weight is 340 g/mol. The van der Waals surface area contributed by atoms with Crippen molar-refractivity contribution in [2.24, 2.45) is 0 Å². The lowest BCUT2D eigenvalue weighted by Gasteiger charge is -2.35. The topological polar surface area (TPSA) is 44.7 Å². The maximum absolute atomic E-state index is 12.9. The Morgan fingerprint density at radius 2 is 1.87 bits per heavy atom. The van der Waals surface area contributed by atoms with E-state index >= 15 is 0 Å². The molecule has 0 aliphatic carbocycles. The fourth-order valence-electron chi connectivity index (χ4n) is 2.63. The monoisotopic (exact) mass is 340 g/mol. The second-order valence-electron chi connectivity index (χ2n) is 5.20. The summed E-state index contributed by atoms with van der Waals surface area (Å²) in [7, 11) is 0. The van der Waals surface area contributed by atoms with Crippen LogP contribution in [0.3, 0.4) is 0 Å². The number of piperazine rings is 1. The van der Waals surface area contributed by atoms with Crippen molar-refractivity contribution in [3.8, 4) is 11.5 Å². The molecular weight excluding hydrogens is 323 g/mol. The Bertz CT molecular complexity index is 518. The van der Waals surface area contributed by atoms with Gasteiger partial charge in [-0.1, -0.05) is 0 Å². The first-order valence-electron chi connectivity index (χ1n) is 7.08. The Morgan fingerprint density at radius 3 is 2.43 bits per heavy atom. The van der Waals surface area contributed by atoms with Crippen molar-refractivity contribution in [2.45, 2.75) is 25.3 Å². The molecule has 1 saturated heterocycles. The molecule has 0 spiro atoms. The van der Waals surface area contributed by atoms with Crippen LogP contribution in [-0.2, 0) is 0 Å². The Kier molecular flexibility index (Phi) is 5.64. The molecule has 0 aromatic heterocycles. The number of benzene rings is 1. The van der Waals surface area contributed by atoms with Crippen molar-refractivity contribution >= 4 is 0 Å². The number of hydrogen-bond acceptors (Lipinski definition) is 4. The molecule has 23 heavy (non-hydrogen) atoms. The van der Waals surface area contributed by atoms with Crippen LogP contribution in [0.1, 0.15) is 18.0 Å². The van der Waals surface area contributed by atoms with Crippen LogP contribution in [0.15, 0.2) is 18.2 Å². The second-order valence-corrected chi connectivity index (χ2v) is 5.20. The Balaban J connectivity index is 2.30. The van der Waals surface area contributed by atoms with E-state index in [0.29, 0.717) is 26.2 Å². The Morgan fingerprint density at radius 1 is 1.22 bits per heavy atom. The van der Waals surface area contributed by atoms with Gasteiger partial charge in [-0.25, -0.2) is 8.78 Å². The molecule has 9 heteroatoms. The van der Waals surface area contributed by atoms with E-state index in [4.69, 9.17) is 0 Å². The first kappa shape index (κ1) is 17.7. The van der Waals surface area contributed by atoms with Crippen LogP contribution < -0.4 is 10.1 Å². The molecule has 130 valence electrons. The summed E-state index contributed by atoms with van der Waals surface area (Å²) in [5.41, 5.74) is 0.00829. The van der Waals surface area contributed by atoms with Crippen molar-refractivity contribution in [1.29, 1.82) is 0 Å². The molecule has 2 N–H and O–H groups in total. The van der Waals surface area contributed by atoms with Gasteiger partial charge in [0.15, 0.2) is 0 Å². The van der Waals surface area contributed by atoms with Gasteiger partial charge in [0.05, 0.1) is 0 Å². The third kappa shape index (κ3) is 5.21. The number of nitrogens with one attached hydrogen (secondary N) is 1. The van der Waals surface area contributed by atoms with E-state index < -0.39 is 31.0 Å². The molecule has 0 radical (unpaired) electrons. The first-order chi connectivity index (χ1) is 10.8. The van der Waals surface area contributed by atoms with E-state index in [1.165, 1.54) is 0 Å². The predicted molar refractivity (Wildman–Crippen MR) is 72.6 cm³/mol. The summed E-state index contributed by atoms with van der Waals surface area (Å²) < 4.78 is 66.5. The highest BCUT2D eigenvalue weighted by Crippen LogP contribution is 2.37. The van der Waals surface area contributed by atoms with Crippen LogP contribution in [0, 0.1) is 0 Å². The zero-order valence-electron chi connectivity index (χ0n) is 12.1. The molecule has 1 aromatic carbocycles. The average Bonchev–Trinajstić information content (AvgIpc) is 2.46. The SMILES string of the molecule is Oc1ccc(OC(F)(F)F)cc1[C@H](CC(F)F)N1CCNCC1. The molecule has 0 amide bonds. The molecule has 1 aliphatic rings. The number of alkyl halides is 5. The molecule has 0 bridgehead atoms.